The zero-order chi connectivity index (χ0) is 15.7. The van der Waals surface area contributed by atoms with Gasteiger partial charge >= 0.3 is 0 Å². The van der Waals surface area contributed by atoms with Gasteiger partial charge in [-0.15, -0.1) is 0 Å². The lowest BCUT2D eigenvalue weighted by atomic mass is 9.98. The summed E-state index contributed by atoms with van der Waals surface area (Å²) in [4.78, 5) is 18.9. The quantitative estimate of drug-likeness (QED) is 0.873. The SMILES string of the molecule is Cc1ccc(C)c(C(=O)N(C)CC2CCc3nccn3C2)c1. The Morgan fingerprint density at radius 1 is 1.41 bits per heavy atom. The maximum absolute atomic E-state index is 12.7. The van der Waals surface area contributed by atoms with E-state index in [4.69, 9.17) is 0 Å². The van der Waals surface area contributed by atoms with Crippen LogP contribution in [0.15, 0.2) is 30.6 Å². The molecule has 0 fully saturated rings. The molecule has 1 aromatic carbocycles. The number of aromatic nitrogens is 2. The minimum atomic E-state index is 0.123. The van der Waals surface area contributed by atoms with Gasteiger partial charge in [-0.1, -0.05) is 17.7 Å². The fraction of sp³-hybridized carbons (Fsp3) is 0.444. The molecule has 0 N–H and O–H groups in total. The van der Waals surface area contributed by atoms with E-state index in [0.29, 0.717) is 5.92 Å². The highest BCUT2D eigenvalue weighted by Gasteiger charge is 2.23. The average Bonchev–Trinajstić information content (AvgIpc) is 2.96. The smallest absolute Gasteiger partial charge is 0.253 e. The largest absolute Gasteiger partial charge is 0.341 e. The standard InChI is InChI=1S/C18H23N3O/c1-13-4-5-14(2)16(10-13)18(22)20(3)11-15-6-7-17-19-8-9-21(17)12-15/h4-5,8-10,15H,6-7,11-12H2,1-3H3. The van der Waals surface area contributed by atoms with Gasteiger partial charge in [0.25, 0.3) is 5.91 Å². The summed E-state index contributed by atoms with van der Waals surface area (Å²) in [5.41, 5.74) is 2.99. The molecule has 0 aliphatic carbocycles. The van der Waals surface area contributed by atoms with Crippen molar-refractivity contribution in [1.82, 2.24) is 14.5 Å². The Morgan fingerprint density at radius 3 is 3.05 bits per heavy atom. The number of imidazole rings is 1. The van der Waals surface area contributed by atoms with Crippen LogP contribution in [0.5, 0.6) is 0 Å². The predicted molar refractivity (Wildman–Crippen MR) is 86.9 cm³/mol. The number of fused-ring (bicyclic) bond motifs is 1. The Balaban J connectivity index is 1.68. The molecule has 2 heterocycles. The first-order valence-corrected chi connectivity index (χ1v) is 7.87. The van der Waals surface area contributed by atoms with Gasteiger partial charge in [0.1, 0.15) is 5.82 Å². The summed E-state index contributed by atoms with van der Waals surface area (Å²) in [6.45, 7) is 5.78. The Morgan fingerprint density at radius 2 is 2.23 bits per heavy atom. The summed E-state index contributed by atoms with van der Waals surface area (Å²) in [5, 5.41) is 0. The molecule has 22 heavy (non-hydrogen) atoms. The van der Waals surface area contributed by atoms with Crippen molar-refractivity contribution in [3.8, 4) is 0 Å². The lowest BCUT2D eigenvalue weighted by Crippen LogP contribution is -2.35. The van der Waals surface area contributed by atoms with Gasteiger partial charge in [0.05, 0.1) is 0 Å². The van der Waals surface area contributed by atoms with E-state index in [1.54, 1.807) is 0 Å². The normalized spacial score (nSPS) is 17.1. The van der Waals surface area contributed by atoms with Gasteiger partial charge in [-0.25, -0.2) is 4.98 Å². The van der Waals surface area contributed by atoms with Crippen LogP contribution in [0.4, 0.5) is 0 Å². The zero-order valence-corrected chi connectivity index (χ0v) is 13.5. The van der Waals surface area contributed by atoms with Crippen LogP contribution in [0.25, 0.3) is 0 Å². The number of aryl methyl sites for hydroxylation is 3. The fourth-order valence-corrected chi connectivity index (χ4v) is 3.23. The molecular formula is C18H23N3O. The average molecular weight is 297 g/mol. The Kier molecular flexibility index (Phi) is 4.01. The van der Waals surface area contributed by atoms with Crippen molar-refractivity contribution < 1.29 is 4.79 Å². The summed E-state index contributed by atoms with van der Waals surface area (Å²) < 4.78 is 2.21. The number of nitrogens with zero attached hydrogens (tertiary/aromatic N) is 3. The van der Waals surface area contributed by atoms with Crippen molar-refractivity contribution in [1.29, 1.82) is 0 Å². The monoisotopic (exact) mass is 297 g/mol. The minimum Gasteiger partial charge on any atom is -0.341 e. The van der Waals surface area contributed by atoms with Crippen molar-refractivity contribution in [3.63, 3.8) is 0 Å². The molecule has 1 atom stereocenters. The molecular weight excluding hydrogens is 274 g/mol. The maximum atomic E-state index is 12.7. The summed E-state index contributed by atoms with van der Waals surface area (Å²) in [7, 11) is 1.91. The van der Waals surface area contributed by atoms with Gasteiger partial charge in [-0.05, 0) is 37.8 Å². The van der Waals surface area contributed by atoms with Crippen molar-refractivity contribution in [2.24, 2.45) is 5.92 Å². The van der Waals surface area contributed by atoms with Gasteiger partial charge in [0.2, 0.25) is 0 Å². The summed E-state index contributed by atoms with van der Waals surface area (Å²) in [6.07, 6.45) is 6.00. The van der Waals surface area contributed by atoms with Crippen LogP contribution < -0.4 is 0 Å². The van der Waals surface area contributed by atoms with Gasteiger partial charge in [0.15, 0.2) is 0 Å². The molecule has 0 saturated heterocycles. The lowest BCUT2D eigenvalue weighted by Gasteiger charge is -2.28. The zero-order valence-electron chi connectivity index (χ0n) is 13.5. The van der Waals surface area contributed by atoms with Crippen molar-refractivity contribution in [2.75, 3.05) is 13.6 Å². The van der Waals surface area contributed by atoms with E-state index in [1.165, 1.54) is 5.82 Å². The lowest BCUT2D eigenvalue weighted by molar-refractivity contribution is 0.0759. The van der Waals surface area contributed by atoms with Crippen LogP contribution in [0.1, 0.15) is 33.7 Å². The van der Waals surface area contributed by atoms with E-state index in [9.17, 15) is 4.79 Å². The van der Waals surface area contributed by atoms with Crippen molar-refractivity contribution in [2.45, 2.75) is 33.2 Å². The molecule has 4 nitrogen and oxygen atoms in total. The Labute approximate surface area is 131 Å². The Bertz CT molecular complexity index is 689. The molecule has 0 radical (unpaired) electrons. The van der Waals surface area contributed by atoms with E-state index >= 15 is 0 Å². The van der Waals surface area contributed by atoms with Crippen LogP contribution >= 0.6 is 0 Å². The molecule has 1 aromatic heterocycles. The summed E-state index contributed by atoms with van der Waals surface area (Å²) >= 11 is 0. The molecule has 1 aliphatic heterocycles. The predicted octanol–water partition coefficient (Wildman–Crippen LogP) is 2.83. The third kappa shape index (κ3) is 2.91. The second-order valence-electron chi connectivity index (χ2n) is 6.40. The van der Waals surface area contributed by atoms with Crippen molar-refractivity contribution in [3.05, 3.63) is 53.1 Å². The van der Waals surface area contributed by atoms with Gasteiger partial charge < -0.3 is 9.47 Å². The second-order valence-corrected chi connectivity index (χ2v) is 6.40. The highest BCUT2D eigenvalue weighted by molar-refractivity contribution is 5.95. The number of hydrogen-bond acceptors (Lipinski definition) is 2. The molecule has 1 unspecified atom stereocenters. The van der Waals surface area contributed by atoms with Gasteiger partial charge in [-0.2, -0.15) is 0 Å². The molecule has 1 aliphatic rings. The first-order chi connectivity index (χ1) is 10.5. The maximum Gasteiger partial charge on any atom is 0.253 e. The minimum absolute atomic E-state index is 0.123. The summed E-state index contributed by atoms with van der Waals surface area (Å²) in [6, 6.07) is 6.06. The highest BCUT2D eigenvalue weighted by Crippen LogP contribution is 2.20. The molecule has 2 aromatic rings. The van der Waals surface area contributed by atoms with E-state index in [0.717, 1.165) is 42.6 Å². The van der Waals surface area contributed by atoms with Crippen molar-refractivity contribution >= 4 is 5.91 Å². The molecule has 0 bridgehead atoms. The number of amides is 1. The molecule has 116 valence electrons. The first-order valence-electron chi connectivity index (χ1n) is 7.87. The molecule has 0 spiro atoms. The number of carbonyl (C=O) groups excluding carboxylic acids is 1. The molecule has 0 saturated carbocycles. The molecule has 4 heteroatoms. The number of hydrogen-bond donors (Lipinski definition) is 0. The van der Waals surface area contributed by atoms with Gasteiger partial charge in [0, 0.05) is 44.5 Å². The van der Waals surface area contributed by atoms with Crippen LogP contribution in [-0.2, 0) is 13.0 Å². The van der Waals surface area contributed by atoms with E-state index in [-0.39, 0.29) is 5.91 Å². The van der Waals surface area contributed by atoms with E-state index in [1.807, 2.05) is 56.4 Å². The second kappa shape index (κ2) is 5.95. The number of carbonyl (C=O) groups is 1. The van der Waals surface area contributed by atoms with E-state index in [2.05, 4.69) is 9.55 Å². The number of benzene rings is 1. The summed E-state index contributed by atoms with van der Waals surface area (Å²) in [5.74, 6) is 1.79. The van der Waals surface area contributed by atoms with Crippen LogP contribution in [-0.4, -0.2) is 34.0 Å². The van der Waals surface area contributed by atoms with Gasteiger partial charge in [-0.3, -0.25) is 4.79 Å². The van der Waals surface area contributed by atoms with Crippen LogP contribution in [0, 0.1) is 19.8 Å². The Hall–Kier alpha value is -2.10. The topological polar surface area (TPSA) is 38.1 Å². The first kappa shape index (κ1) is 14.8. The van der Waals surface area contributed by atoms with E-state index < -0.39 is 0 Å². The van der Waals surface area contributed by atoms with Crippen LogP contribution in [0.2, 0.25) is 0 Å². The third-order valence-electron chi connectivity index (χ3n) is 4.54. The fourth-order valence-electron chi connectivity index (χ4n) is 3.23. The third-order valence-corrected chi connectivity index (χ3v) is 4.54. The van der Waals surface area contributed by atoms with Crippen LogP contribution in [0.3, 0.4) is 0 Å². The molecule has 3 rings (SSSR count). The highest BCUT2D eigenvalue weighted by atomic mass is 16.2. The number of rotatable bonds is 3. The molecule has 1 amide bonds.